The second-order valence-corrected chi connectivity index (χ2v) is 23.5. The lowest BCUT2D eigenvalue weighted by Gasteiger charge is -2.39. The first-order valence-corrected chi connectivity index (χ1v) is 26.1. The third-order valence-electron chi connectivity index (χ3n) is 11.0. The standard InChI is InChI=1S/C48H67N5O6SSi/c1-48(2,3)61(4,5)59-43(38-50-53-49)26-22-17-15-13-11-9-7-6-8-10-12-14-16-18-23-27-46(55)52-60(57,58)44-35-33-42(34-36-44)51-45(54)37-30-39-28-31-41(32-29-39)47(56)40-24-20-19-21-25-40/h13-16,19-21,24-25,28-29,31-36,43H,6-12,17-18,22-23,26-27,30,37-38H2,1-5H3,(H,51,54)(H,52,55)/b15-13-,16-14-. The van der Waals surface area contributed by atoms with Crippen molar-refractivity contribution in [1.82, 2.24) is 4.72 Å². The minimum absolute atomic E-state index is 0.0177. The van der Waals surface area contributed by atoms with Gasteiger partial charge in [0, 0.05) is 34.6 Å². The fourth-order valence-electron chi connectivity index (χ4n) is 6.32. The van der Waals surface area contributed by atoms with Gasteiger partial charge < -0.3 is 9.74 Å². The summed E-state index contributed by atoms with van der Waals surface area (Å²) < 4.78 is 34.2. The van der Waals surface area contributed by atoms with Gasteiger partial charge in [-0.2, -0.15) is 0 Å². The van der Waals surface area contributed by atoms with Crippen molar-refractivity contribution >= 4 is 41.6 Å². The summed E-state index contributed by atoms with van der Waals surface area (Å²) in [7, 11) is -5.95. The molecule has 11 nitrogen and oxygen atoms in total. The third-order valence-corrected chi connectivity index (χ3v) is 16.9. The van der Waals surface area contributed by atoms with Crippen molar-refractivity contribution in [2.45, 2.75) is 146 Å². The molecule has 1 unspecified atom stereocenters. The van der Waals surface area contributed by atoms with Crippen LogP contribution >= 0.6 is 0 Å². The Morgan fingerprint density at radius 1 is 0.738 bits per heavy atom. The average molecular weight is 870 g/mol. The summed E-state index contributed by atoms with van der Waals surface area (Å²) in [5, 5.41) is 6.68. The number of azide groups is 1. The number of benzene rings is 3. The maximum absolute atomic E-state index is 12.8. The fourth-order valence-corrected chi connectivity index (χ4v) is 8.71. The molecule has 0 aliphatic carbocycles. The first-order valence-electron chi connectivity index (χ1n) is 21.7. The van der Waals surface area contributed by atoms with Gasteiger partial charge in [0.25, 0.3) is 10.0 Å². The summed E-state index contributed by atoms with van der Waals surface area (Å²) in [6.07, 6.45) is 21.6. The van der Waals surface area contributed by atoms with Crippen LogP contribution in [-0.4, -0.2) is 47.0 Å². The van der Waals surface area contributed by atoms with Crippen molar-refractivity contribution < 1.29 is 27.2 Å². The number of anilines is 1. The Hall–Kier alpha value is -4.81. The van der Waals surface area contributed by atoms with Gasteiger partial charge in [-0.15, -0.1) is 0 Å². The summed E-state index contributed by atoms with van der Waals surface area (Å²) >= 11 is 0. The molecule has 3 aromatic rings. The smallest absolute Gasteiger partial charge is 0.264 e. The Morgan fingerprint density at radius 2 is 1.30 bits per heavy atom. The molecular weight excluding hydrogens is 803 g/mol. The Bertz CT molecular complexity index is 2020. The Morgan fingerprint density at radius 3 is 1.89 bits per heavy atom. The Labute approximate surface area is 365 Å². The average Bonchev–Trinajstić information content (AvgIpc) is 3.22. The highest BCUT2D eigenvalue weighted by molar-refractivity contribution is 7.90. The molecule has 2 N–H and O–H groups in total. The lowest BCUT2D eigenvalue weighted by atomic mass is 10.0. The van der Waals surface area contributed by atoms with Gasteiger partial charge in [0.1, 0.15) is 0 Å². The fraction of sp³-hybridized carbons (Fsp3) is 0.479. The van der Waals surface area contributed by atoms with Crippen LogP contribution in [0.5, 0.6) is 0 Å². The van der Waals surface area contributed by atoms with Gasteiger partial charge in [-0.05, 0) is 118 Å². The molecule has 0 aliphatic rings. The van der Waals surface area contributed by atoms with Gasteiger partial charge in [-0.1, -0.05) is 124 Å². The minimum atomic E-state index is -4.04. The molecule has 61 heavy (non-hydrogen) atoms. The second-order valence-electron chi connectivity index (χ2n) is 17.0. The first kappa shape index (κ1) is 50.5. The number of ketones is 1. The van der Waals surface area contributed by atoms with Crippen molar-refractivity contribution in [3.8, 4) is 0 Å². The summed E-state index contributed by atoms with van der Waals surface area (Å²) in [6.45, 7) is 11.5. The van der Waals surface area contributed by atoms with E-state index in [1.165, 1.54) is 49.9 Å². The molecule has 0 saturated carbocycles. The van der Waals surface area contributed by atoms with E-state index >= 15 is 0 Å². The van der Waals surface area contributed by atoms with Crippen LogP contribution in [0.2, 0.25) is 18.1 Å². The maximum Gasteiger partial charge on any atom is 0.264 e. The zero-order chi connectivity index (χ0) is 44.6. The zero-order valence-corrected chi connectivity index (χ0v) is 38.7. The van der Waals surface area contributed by atoms with Crippen molar-refractivity contribution in [1.29, 1.82) is 0 Å². The van der Waals surface area contributed by atoms with Crippen LogP contribution in [0.3, 0.4) is 0 Å². The number of nitrogens with one attached hydrogen (secondary N) is 2. The monoisotopic (exact) mass is 869 g/mol. The minimum Gasteiger partial charge on any atom is -0.414 e. The molecule has 0 heterocycles. The van der Waals surface area contributed by atoms with E-state index in [-0.39, 0.29) is 40.6 Å². The van der Waals surface area contributed by atoms with E-state index in [1.807, 2.05) is 30.3 Å². The highest BCUT2D eigenvalue weighted by atomic mass is 32.2. The lowest BCUT2D eigenvalue weighted by Crippen LogP contribution is -2.44. The maximum atomic E-state index is 12.8. The largest absolute Gasteiger partial charge is 0.414 e. The van der Waals surface area contributed by atoms with E-state index in [0.29, 0.717) is 42.6 Å². The summed E-state index contributed by atoms with van der Waals surface area (Å²) in [5.41, 5.74) is 11.3. The van der Waals surface area contributed by atoms with E-state index < -0.39 is 24.2 Å². The van der Waals surface area contributed by atoms with Crippen molar-refractivity contribution in [2.75, 3.05) is 11.9 Å². The van der Waals surface area contributed by atoms with Crippen LogP contribution in [0, 0.1) is 0 Å². The van der Waals surface area contributed by atoms with Gasteiger partial charge >= 0.3 is 0 Å². The van der Waals surface area contributed by atoms with Crippen molar-refractivity contribution in [2.24, 2.45) is 5.11 Å². The van der Waals surface area contributed by atoms with Crippen molar-refractivity contribution in [3.63, 3.8) is 0 Å². The summed E-state index contributed by atoms with van der Waals surface area (Å²) in [6, 6.07) is 21.9. The first-order chi connectivity index (χ1) is 29.1. The lowest BCUT2D eigenvalue weighted by molar-refractivity contribution is -0.119. The molecule has 2 amide bonds. The molecule has 3 aromatic carbocycles. The second kappa shape index (κ2) is 26.5. The Balaban J connectivity index is 1.21. The van der Waals surface area contributed by atoms with E-state index in [1.54, 1.807) is 24.3 Å². The molecule has 0 bridgehead atoms. The number of rotatable bonds is 28. The van der Waals surface area contributed by atoms with Crippen LogP contribution in [-0.2, 0) is 30.5 Å². The zero-order valence-electron chi connectivity index (χ0n) is 36.9. The van der Waals surface area contributed by atoms with Gasteiger partial charge in [-0.25, -0.2) is 13.1 Å². The number of allylic oxidation sites excluding steroid dienone is 4. The van der Waals surface area contributed by atoms with E-state index in [2.05, 4.69) is 78.2 Å². The van der Waals surface area contributed by atoms with Gasteiger partial charge in [0.2, 0.25) is 11.8 Å². The van der Waals surface area contributed by atoms with Crippen LogP contribution in [0.15, 0.2) is 113 Å². The summed E-state index contributed by atoms with van der Waals surface area (Å²) in [4.78, 5) is 40.5. The molecular formula is C48H67N5O6SSi. The highest BCUT2D eigenvalue weighted by Crippen LogP contribution is 2.38. The predicted molar refractivity (Wildman–Crippen MR) is 249 cm³/mol. The van der Waals surface area contributed by atoms with E-state index in [0.717, 1.165) is 44.1 Å². The number of unbranched alkanes of at least 4 members (excludes halogenated alkanes) is 8. The topological polar surface area (TPSA) is 167 Å². The summed E-state index contributed by atoms with van der Waals surface area (Å²) in [5.74, 6) is -0.847. The predicted octanol–water partition coefficient (Wildman–Crippen LogP) is 12.2. The highest BCUT2D eigenvalue weighted by Gasteiger charge is 2.38. The normalized spacial score (nSPS) is 12.6. The van der Waals surface area contributed by atoms with Crippen LogP contribution in [0.4, 0.5) is 5.69 Å². The molecule has 13 heteroatoms. The molecule has 0 radical (unpaired) electrons. The number of aryl methyl sites for hydroxylation is 1. The number of nitrogens with zero attached hydrogens (tertiary/aromatic N) is 3. The number of carbonyl (C=O) groups excluding carboxylic acids is 3. The third kappa shape index (κ3) is 19.6. The van der Waals surface area contributed by atoms with E-state index in [9.17, 15) is 22.8 Å². The van der Waals surface area contributed by atoms with Crippen LogP contribution in [0.1, 0.15) is 132 Å². The molecule has 0 aromatic heterocycles. The number of sulfonamides is 1. The quantitative estimate of drug-likeness (QED) is 0.0140. The van der Waals surface area contributed by atoms with Crippen molar-refractivity contribution in [3.05, 3.63) is 130 Å². The van der Waals surface area contributed by atoms with E-state index in [4.69, 9.17) is 9.96 Å². The van der Waals surface area contributed by atoms with Gasteiger partial charge in [0.05, 0.1) is 17.5 Å². The molecule has 330 valence electrons. The molecule has 3 rings (SSSR count). The molecule has 0 fully saturated rings. The van der Waals surface area contributed by atoms with Crippen LogP contribution in [0.25, 0.3) is 10.4 Å². The number of hydrogen-bond donors (Lipinski definition) is 2. The molecule has 0 spiro atoms. The molecule has 1 atom stereocenters. The SMILES string of the molecule is CC(C)(C)[Si](C)(C)OC(CCC/C=C\CCCCCCC/C=C\CCCC(=O)NS(=O)(=O)c1ccc(NC(=O)CCc2ccc(C(=O)c3ccccc3)cc2)cc1)CN=[N+]=[N-]. The van der Waals surface area contributed by atoms with Crippen LogP contribution < -0.4 is 10.0 Å². The molecule has 0 saturated heterocycles. The number of carbonyl (C=O) groups is 3. The number of hydrogen-bond acceptors (Lipinski definition) is 7. The Kier molecular flexibility index (Phi) is 22.0. The molecule has 0 aliphatic heterocycles. The number of amides is 2. The van der Waals surface area contributed by atoms with Gasteiger partial charge in [0.15, 0.2) is 14.1 Å². The van der Waals surface area contributed by atoms with Gasteiger partial charge in [-0.3, -0.25) is 14.4 Å².